The number of anilines is 1. The van der Waals surface area contributed by atoms with Crippen molar-refractivity contribution in [2.45, 2.75) is 13.8 Å². The van der Waals surface area contributed by atoms with Crippen LogP contribution in [0.5, 0.6) is 5.75 Å². The van der Waals surface area contributed by atoms with Crippen molar-refractivity contribution in [3.05, 3.63) is 35.2 Å². The molecule has 0 saturated carbocycles. The van der Waals surface area contributed by atoms with Crippen molar-refractivity contribution in [1.29, 1.82) is 0 Å². The number of aromatic nitrogens is 3. The van der Waals surface area contributed by atoms with Gasteiger partial charge in [-0.25, -0.2) is 0 Å². The summed E-state index contributed by atoms with van der Waals surface area (Å²) in [5.41, 5.74) is 7.66. The maximum Gasteiger partial charge on any atom is 0.291 e. The van der Waals surface area contributed by atoms with Crippen molar-refractivity contribution >= 4 is 11.9 Å². The third-order valence-corrected chi connectivity index (χ3v) is 2.94. The Balaban J connectivity index is 1.86. The van der Waals surface area contributed by atoms with Gasteiger partial charge in [0.25, 0.3) is 5.91 Å². The van der Waals surface area contributed by atoms with Crippen molar-refractivity contribution in [2.24, 2.45) is 0 Å². The molecule has 7 heteroatoms. The lowest BCUT2D eigenvalue weighted by atomic mass is 10.1. The third kappa shape index (κ3) is 3.95. The monoisotopic (exact) mass is 289 g/mol. The van der Waals surface area contributed by atoms with Crippen molar-refractivity contribution in [1.82, 2.24) is 20.1 Å². The quantitative estimate of drug-likeness (QED) is 0.860. The minimum atomic E-state index is -0.275. The van der Waals surface area contributed by atoms with Gasteiger partial charge in [0.1, 0.15) is 12.4 Å². The minimum absolute atomic E-state index is 0.0539. The molecule has 0 spiro atoms. The van der Waals surface area contributed by atoms with E-state index in [4.69, 9.17) is 10.5 Å². The van der Waals surface area contributed by atoms with Crippen molar-refractivity contribution in [2.75, 3.05) is 25.9 Å². The highest BCUT2D eigenvalue weighted by Gasteiger charge is 2.15. The predicted molar refractivity (Wildman–Crippen MR) is 79.2 cm³/mol. The fourth-order valence-electron chi connectivity index (χ4n) is 1.97. The Morgan fingerprint density at radius 3 is 2.57 bits per heavy atom. The Bertz CT molecular complexity index is 618. The van der Waals surface area contributed by atoms with Gasteiger partial charge in [-0.2, -0.15) is 4.98 Å². The zero-order chi connectivity index (χ0) is 15.4. The van der Waals surface area contributed by atoms with Crippen molar-refractivity contribution in [3.63, 3.8) is 0 Å². The minimum Gasteiger partial charge on any atom is -0.492 e. The Hall–Kier alpha value is -2.57. The van der Waals surface area contributed by atoms with Crippen LogP contribution < -0.4 is 10.5 Å². The Morgan fingerprint density at radius 2 is 2.00 bits per heavy atom. The smallest absolute Gasteiger partial charge is 0.291 e. The molecule has 1 aromatic heterocycles. The molecule has 0 saturated heterocycles. The second kappa shape index (κ2) is 6.25. The second-order valence-electron chi connectivity index (χ2n) is 4.94. The second-order valence-corrected chi connectivity index (χ2v) is 4.94. The Labute approximate surface area is 123 Å². The van der Waals surface area contributed by atoms with E-state index in [0.29, 0.717) is 13.2 Å². The van der Waals surface area contributed by atoms with Crippen LogP contribution in [0.3, 0.4) is 0 Å². The number of aromatic amines is 1. The molecule has 0 bridgehead atoms. The number of benzene rings is 1. The van der Waals surface area contributed by atoms with Crippen LogP contribution in [0.1, 0.15) is 21.7 Å². The summed E-state index contributed by atoms with van der Waals surface area (Å²) in [6.45, 7) is 4.87. The van der Waals surface area contributed by atoms with E-state index in [1.807, 2.05) is 26.0 Å². The first-order valence-corrected chi connectivity index (χ1v) is 6.60. The number of carbonyl (C=O) groups excluding carboxylic acids is 1. The lowest BCUT2D eigenvalue weighted by molar-refractivity contribution is 0.0762. The van der Waals surface area contributed by atoms with Crippen LogP contribution in [-0.2, 0) is 0 Å². The molecule has 0 aliphatic carbocycles. The molecule has 0 radical (unpaired) electrons. The van der Waals surface area contributed by atoms with Gasteiger partial charge in [-0.3, -0.25) is 9.89 Å². The number of ether oxygens (including phenoxy) is 1. The van der Waals surface area contributed by atoms with E-state index in [2.05, 4.69) is 21.2 Å². The average Bonchev–Trinajstić information content (AvgIpc) is 2.83. The zero-order valence-electron chi connectivity index (χ0n) is 12.4. The maximum atomic E-state index is 12.0. The summed E-state index contributed by atoms with van der Waals surface area (Å²) in [6.07, 6.45) is 0. The van der Waals surface area contributed by atoms with E-state index in [9.17, 15) is 4.79 Å². The molecule has 2 aromatic rings. The number of hydrogen-bond acceptors (Lipinski definition) is 5. The molecule has 3 N–H and O–H groups in total. The summed E-state index contributed by atoms with van der Waals surface area (Å²) in [5.74, 6) is 0.708. The average molecular weight is 289 g/mol. The summed E-state index contributed by atoms with van der Waals surface area (Å²) < 4.78 is 5.66. The van der Waals surface area contributed by atoms with Gasteiger partial charge in [0.2, 0.25) is 11.8 Å². The molecule has 0 atom stereocenters. The van der Waals surface area contributed by atoms with E-state index in [1.165, 1.54) is 4.90 Å². The molecule has 21 heavy (non-hydrogen) atoms. The Kier molecular flexibility index (Phi) is 4.42. The van der Waals surface area contributed by atoms with Gasteiger partial charge in [0, 0.05) is 7.05 Å². The predicted octanol–water partition coefficient (Wildman–Crippen LogP) is 1.15. The molecule has 0 unspecified atom stereocenters. The van der Waals surface area contributed by atoms with Gasteiger partial charge in [0.05, 0.1) is 6.54 Å². The molecular weight excluding hydrogens is 270 g/mol. The molecule has 1 aromatic carbocycles. The van der Waals surface area contributed by atoms with Gasteiger partial charge in [0.15, 0.2) is 0 Å². The number of amides is 1. The topological polar surface area (TPSA) is 97.1 Å². The maximum absolute atomic E-state index is 12.0. The van der Waals surface area contributed by atoms with E-state index in [0.717, 1.165) is 16.9 Å². The highest BCUT2D eigenvalue weighted by molar-refractivity contribution is 5.90. The first kappa shape index (κ1) is 14.8. The normalized spacial score (nSPS) is 10.4. The number of nitrogens with two attached hydrogens (primary N) is 1. The lowest BCUT2D eigenvalue weighted by Gasteiger charge is -2.16. The number of nitrogen functional groups attached to an aromatic ring is 1. The van der Waals surface area contributed by atoms with Gasteiger partial charge < -0.3 is 15.4 Å². The first-order chi connectivity index (χ1) is 9.95. The number of hydrogen-bond donors (Lipinski definition) is 2. The molecule has 0 aliphatic rings. The van der Waals surface area contributed by atoms with Gasteiger partial charge in [-0.15, -0.1) is 5.10 Å². The van der Waals surface area contributed by atoms with E-state index < -0.39 is 0 Å². The van der Waals surface area contributed by atoms with Crippen LogP contribution in [0.25, 0.3) is 0 Å². The summed E-state index contributed by atoms with van der Waals surface area (Å²) in [5, 5.41) is 6.12. The number of carbonyl (C=O) groups is 1. The van der Waals surface area contributed by atoms with E-state index in [-0.39, 0.29) is 17.7 Å². The third-order valence-electron chi connectivity index (χ3n) is 2.94. The summed E-state index contributed by atoms with van der Waals surface area (Å²) in [6, 6.07) is 6.01. The molecule has 0 fully saturated rings. The summed E-state index contributed by atoms with van der Waals surface area (Å²) >= 11 is 0. The number of H-pyrrole nitrogens is 1. The molecule has 1 heterocycles. The van der Waals surface area contributed by atoms with Gasteiger partial charge in [-0.05, 0) is 37.1 Å². The molecule has 112 valence electrons. The molecule has 2 rings (SSSR count). The zero-order valence-corrected chi connectivity index (χ0v) is 12.4. The summed E-state index contributed by atoms with van der Waals surface area (Å²) in [4.78, 5) is 17.3. The highest BCUT2D eigenvalue weighted by Crippen LogP contribution is 2.16. The van der Waals surface area contributed by atoms with E-state index >= 15 is 0 Å². The van der Waals surface area contributed by atoms with Crippen molar-refractivity contribution < 1.29 is 9.53 Å². The number of aryl methyl sites for hydroxylation is 2. The largest absolute Gasteiger partial charge is 0.492 e. The van der Waals surface area contributed by atoms with Crippen molar-refractivity contribution in [3.8, 4) is 5.75 Å². The van der Waals surface area contributed by atoms with Gasteiger partial charge in [-0.1, -0.05) is 6.07 Å². The number of rotatable bonds is 5. The molecule has 0 aliphatic heterocycles. The van der Waals surface area contributed by atoms with Gasteiger partial charge >= 0.3 is 0 Å². The number of nitrogens with one attached hydrogen (secondary N) is 1. The van der Waals surface area contributed by atoms with Crippen LogP contribution in [0.2, 0.25) is 0 Å². The lowest BCUT2D eigenvalue weighted by Crippen LogP contribution is -2.31. The fourth-order valence-corrected chi connectivity index (χ4v) is 1.97. The SMILES string of the molecule is Cc1cc(C)cc(OCCN(C)C(=O)c2nc(N)n[nH]2)c1. The van der Waals surface area contributed by atoms with Crippen LogP contribution in [0, 0.1) is 13.8 Å². The molecule has 7 nitrogen and oxygen atoms in total. The van der Waals surface area contributed by atoms with Crippen LogP contribution >= 0.6 is 0 Å². The standard InChI is InChI=1S/C14H19N5O2/c1-9-6-10(2)8-11(7-9)21-5-4-19(3)13(20)12-16-14(15)18-17-12/h6-8H,4-5H2,1-3H3,(H3,15,16,17,18). The molecular formula is C14H19N5O2. The Morgan fingerprint density at radius 1 is 1.33 bits per heavy atom. The van der Waals surface area contributed by atoms with Crippen LogP contribution in [0.15, 0.2) is 18.2 Å². The van der Waals surface area contributed by atoms with Crippen LogP contribution in [-0.4, -0.2) is 46.2 Å². The first-order valence-electron chi connectivity index (χ1n) is 6.60. The fraction of sp³-hybridized carbons (Fsp3) is 0.357. The highest BCUT2D eigenvalue weighted by atomic mass is 16.5. The number of likely N-dealkylation sites (N-methyl/N-ethyl adjacent to an activating group) is 1. The van der Waals surface area contributed by atoms with Crippen LogP contribution in [0.4, 0.5) is 5.95 Å². The summed E-state index contributed by atoms with van der Waals surface area (Å²) in [7, 11) is 1.67. The van der Waals surface area contributed by atoms with E-state index in [1.54, 1.807) is 7.05 Å². The molecule has 1 amide bonds. The number of nitrogens with zero attached hydrogens (tertiary/aromatic N) is 3.